The molecule has 0 fully saturated rings. The fourth-order valence-electron chi connectivity index (χ4n) is 2.47. The lowest BCUT2D eigenvalue weighted by Crippen LogP contribution is -2.38. The monoisotopic (exact) mass is 329 g/mol. The van der Waals surface area contributed by atoms with Crippen molar-refractivity contribution >= 4 is 5.97 Å². The number of hydrogen-bond donors (Lipinski definition) is 1. The van der Waals surface area contributed by atoms with Crippen molar-refractivity contribution in [2.24, 2.45) is 0 Å². The molecule has 0 radical (unpaired) electrons. The van der Waals surface area contributed by atoms with Gasteiger partial charge >= 0.3 is 5.97 Å². The highest BCUT2D eigenvalue weighted by Crippen LogP contribution is 2.14. The summed E-state index contributed by atoms with van der Waals surface area (Å²) in [5, 5.41) is 10.1. The Morgan fingerprint density at radius 1 is 0.957 bits per heavy atom. The minimum Gasteiger partial charge on any atom is -0.459 e. The van der Waals surface area contributed by atoms with E-state index >= 15 is 0 Å². The molecule has 0 aliphatic heterocycles. The Bertz CT molecular complexity index is 294. The first-order valence-electron chi connectivity index (χ1n) is 9.45. The Balaban J connectivity index is 3.65. The minimum atomic E-state index is -0.558. The van der Waals surface area contributed by atoms with E-state index in [-0.39, 0.29) is 12.0 Å². The Labute approximate surface area is 143 Å². The van der Waals surface area contributed by atoms with Gasteiger partial charge in [-0.2, -0.15) is 0 Å². The number of aliphatic hydroxyl groups excluding tert-OH is 1. The molecule has 0 spiro atoms. The normalized spacial score (nSPS) is 15.4. The smallest absolute Gasteiger partial charge is 0.323 e. The molecule has 0 aromatic heterocycles. The van der Waals surface area contributed by atoms with Gasteiger partial charge in [-0.1, -0.05) is 64.7 Å². The number of hydrogen-bond acceptors (Lipinski definition) is 4. The molecular weight excluding hydrogens is 290 g/mol. The van der Waals surface area contributed by atoms with E-state index in [0.717, 1.165) is 12.8 Å². The Morgan fingerprint density at radius 3 is 1.91 bits per heavy atom. The summed E-state index contributed by atoms with van der Waals surface area (Å²) in [4.78, 5) is 13.7. The number of esters is 1. The fraction of sp³-hybridized carbons (Fsp3) is 0.947. The molecule has 0 heterocycles. The maximum Gasteiger partial charge on any atom is 0.323 e. The van der Waals surface area contributed by atoms with Crippen LogP contribution in [-0.4, -0.2) is 48.3 Å². The predicted molar refractivity (Wildman–Crippen MR) is 96.6 cm³/mol. The van der Waals surface area contributed by atoms with Gasteiger partial charge in [0.05, 0.1) is 6.10 Å². The van der Waals surface area contributed by atoms with Crippen LogP contribution < -0.4 is 0 Å². The number of ether oxygens (including phenoxy) is 1. The van der Waals surface area contributed by atoms with Crippen molar-refractivity contribution in [1.29, 1.82) is 0 Å². The quantitative estimate of drug-likeness (QED) is 0.384. The van der Waals surface area contributed by atoms with Crippen molar-refractivity contribution in [1.82, 2.24) is 4.90 Å². The van der Waals surface area contributed by atoms with Gasteiger partial charge in [0.25, 0.3) is 0 Å². The van der Waals surface area contributed by atoms with Crippen LogP contribution in [0, 0.1) is 0 Å². The lowest BCUT2D eigenvalue weighted by molar-refractivity contribution is -0.158. The second kappa shape index (κ2) is 13.8. The Hall–Kier alpha value is -0.610. The molecule has 4 nitrogen and oxygen atoms in total. The molecule has 3 atom stereocenters. The summed E-state index contributed by atoms with van der Waals surface area (Å²) < 4.78 is 5.34. The molecule has 1 N–H and O–H groups in total. The van der Waals surface area contributed by atoms with Crippen LogP contribution in [0.2, 0.25) is 0 Å². The molecule has 4 heteroatoms. The molecule has 0 bridgehead atoms. The summed E-state index contributed by atoms with van der Waals surface area (Å²) in [5.74, 6) is -0.270. The topological polar surface area (TPSA) is 49.8 Å². The van der Waals surface area contributed by atoms with Crippen LogP contribution in [0.4, 0.5) is 0 Å². The van der Waals surface area contributed by atoms with Crippen molar-refractivity contribution in [3.05, 3.63) is 0 Å². The van der Waals surface area contributed by atoms with Crippen LogP contribution in [0.25, 0.3) is 0 Å². The fourth-order valence-corrected chi connectivity index (χ4v) is 2.47. The molecule has 0 aliphatic carbocycles. The molecule has 0 saturated carbocycles. The highest BCUT2D eigenvalue weighted by atomic mass is 16.6. The van der Waals surface area contributed by atoms with Crippen LogP contribution >= 0.6 is 0 Å². The van der Waals surface area contributed by atoms with Gasteiger partial charge < -0.3 is 9.84 Å². The maximum atomic E-state index is 11.8. The summed E-state index contributed by atoms with van der Waals surface area (Å²) in [7, 11) is 3.69. The van der Waals surface area contributed by atoms with Crippen LogP contribution in [0.15, 0.2) is 0 Å². The van der Waals surface area contributed by atoms with Crippen LogP contribution in [0.3, 0.4) is 0 Å². The molecule has 3 unspecified atom stereocenters. The SMILES string of the molecule is CCCCCCCCCCCC(O)C(C)OC(=O)C(C)N(C)C. The van der Waals surface area contributed by atoms with E-state index in [1.165, 1.54) is 44.9 Å². The molecule has 0 aliphatic rings. The lowest BCUT2D eigenvalue weighted by Gasteiger charge is -2.24. The van der Waals surface area contributed by atoms with Gasteiger partial charge in [0, 0.05) is 0 Å². The largest absolute Gasteiger partial charge is 0.459 e. The van der Waals surface area contributed by atoms with Crippen LogP contribution in [0.5, 0.6) is 0 Å². The van der Waals surface area contributed by atoms with E-state index in [4.69, 9.17) is 4.74 Å². The number of carbonyl (C=O) groups excluding carboxylic acids is 1. The van der Waals surface area contributed by atoms with E-state index < -0.39 is 12.2 Å². The predicted octanol–water partition coefficient (Wildman–Crippen LogP) is 4.15. The zero-order chi connectivity index (χ0) is 17.7. The first kappa shape index (κ1) is 22.4. The third-order valence-corrected chi connectivity index (χ3v) is 4.56. The highest BCUT2D eigenvalue weighted by molar-refractivity contribution is 5.75. The van der Waals surface area contributed by atoms with Crippen LogP contribution in [0.1, 0.15) is 85.0 Å². The van der Waals surface area contributed by atoms with Crippen molar-refractivity contribution in [2.45, 2.75) is 103 Å². The van der Waals surface area contributed by atoms with E-state index in [0.29, 0.717) is 6.42 Å². The number of likely N-dealkylation sites (N-methyl/N-ethyl adjacent to an activating group) is 1. The second-order valence-corrected chi connectivity index (χ2v) is 6.97. The molecular formula is C19H39NO3. The number of carbonyl (C=O) groups is 1. The molecule has 0 amide bonds. The van der Waals surface area contributed by atoms with Gasteiger partial charge in [-0.3, -0.25) is 9.69 Å². The maximum absolute atomic E-state index is 11.8. The Kier molecular flexibility index (Phi) is 13.4. The van der Waals surface area contributed by atoms with Crippen molar-refractivity contribution in [3.63, 3.8) is 0 Å². The average molecular weight is 330 g/mol. The molecule has 0 rings (SSSR count). The zero-order valence-corrected chi connectivity index (χ0v) is 16.0. The molecule has 138 valence electrons. The first-order chi connectivity index (χ1) is 10.9. The first-order valence-corrected chi connectivity index (χ1v) is 9.45. The van der Waals surface area contributed by atoms with E-state index in [2.05, 4.69) is 6.92 Å². The van der Waals surface area contributed by atoms with Gasteiger partial charge in [-0.15, -0.1) is 0 Å². The van der Waals surface area contributed by atoms with E-state index in [9.17, 15) is 9.90 Å². The molecule has 0 aromatic carbocycles. The van der Waals surface area contributed by atoms with Gasteiger partial charge in [-0.05, 0) is 34.4 Å². The van der Waals surface area contributed by atoms with Crippen molar-refractivity contribution in [2.75, 3.05) is 14.1 Å². The van der Waals surface area contributed by atoms with Crippen molar-refractivity contribution in [3.8, 4) is 0 Å². The minimum absolute atomic E-state index is 0.270. The Morgan fingerprint density at radius 2 is 1.43 bits per heavy atom. The van der Waals surface area contributed by atoms with Crippen molar-refractivity contribution < 1.29 is 14.6 Å². The van der Waals surface area contributed by atoms with Gasteiger partial charge in [0.15, 0.2) is 0 Å². The summed E-state index contributed by atoms with van der Waals surface area (Å²) in [6.07, 6.45) is 11.1. The standard InChI is InChI=1S/C19H39NO3/c1-6-7-8-9-10-11-12-13-14-15-18(21)17(3)23-19(22)16(2)20(4)5/h16-18,21H,6-15H2,1-5H3. The average Bonchev–Trinajstić information content (AvgIpc) is 2.51. The summed E-state index contributed by atoms with van der Waals surface area (Å²) in [6.45, 7) is 5.82. The number of nitrogens with zero attached hydrogens (tertiary/aromatic N) is 1. The third kappa shape index (κ3) is 11.5. The second-order valence-electron chi connectivity index (χ2n) is 6.97. The number of aliphatic hydroxyl groups is 1. The molecule has 0 aromatic rings. The summed E-state index contributed by atoms with van der Waals surface area (Å²) >= 11 is 0. The number of rotatable bonds is 14. The van der Waals surface area contributed by atoms with E-state index in [1.807, 2.05) is 25.9 Å². The number of unbranched alkanes of at least 4 members (excludes halogenated alkanes) is 8. The molecule has 0 saturated heterocycles. The molecule has 23 heavy (non-hydrogen) atoms. The van der Waals surface area contributed by atoms with Crippen LogP contribution in [-0.2, 0) is 9.53 Å². The van der Waals surface area contributed by atoms with E-state index in [1.54, 1.807) is 6.92 Å². The third-order valence-electron chi connectivity index (χ3n) is 4.56. The van der Waals surface area contributed by atoms with Gasteiger partial charge in [-0.25, -0.2) is 0 Å². The van der Waals surface area contributed by atoms with Gasteiger partial charge in [0.1, 0.15) is 12.1 Å². The van der Waals surface area contributed by atoms with Gasteiger partial charge in [0.2, 0.25) is 0 Å². The summed E-state index contributed by atoms with van der Waals surface area (Å²) in [5.41, 5.74) is 0. The summed E-state index contributed by atoms with van der Waals surface area (Å²) in [6, 6.07) is -0.280. The lowest BCUT2D eigenvalue weighted by atomic mass is 10.0. The zero-order valence-electron chi connectivity index (χ0n) is 16.0. The highest BCUT2D eigenvalue weighted by Gasteiger charge is 2.23.